The zero-order valence-corrected chi connectivity index (χ0v) is 12.8. The quantitative estimate of drug-likeness (QED) is 0.640. The van der Waals surface area contributed by atoms with Gasteiger partial charge in [0.15, 0.2) is 0 Å². The number of fused-ring (bicyclic) bond motifs is 1. The summed E-state index contributed by atoms with van der Waals surface area (Å²) < 4.78 is 2.28. The molecule has 1 aliphatic rings. The molecule has 1 unspecified atom stereocenters. The molecule has 1 aliphatic heterocycles. The summed E-state index contributed by atoms with van der Waals surface area (Å²) >= 11 is 0. The smallest absolute Gasteiger partial charge is 0.269 e. The average molecular weight is 299 g/mol. The molecule has 5 nitrogen and oxygen atoms in total. The lowest BCUT2D eigenvalue weighted by atomic mass is 10.0. The molecule has 1 atom stereocenters. The first-order valence-electron chi connectivity index (χ1n) is 7.84. The van der Waals surface area contributed by atoms with Crippen LogP contribution in [0.15, 0.2) is 42.6 Å². The van der Waals surface area contributed by atoms with Crippen molar-refractivity contribution in [3.63, 3.8) is 0 Å². The summed E-state index contributed by atoms with van der Waals surface area (Å²) in [6.45, 7) is 5.20. The number of benzene rings is 1. The summed E-state index contributed by atoms with van der Waals surface area (Å²) in [5.74, 6) is 0. The molecule has 0 saturated heterocycles. The second-order valence-corrected chi connectivity index (χ2v) is 5.77. The first-order chi connectivity index (χ1) is 10.7. The molecule has 0 amide bonds. The van der Waals surface area contributed by atoms with Crippen molar-refractivity contribution in [2.24, 2.45) is 0 Å². The molecule has 0 N–H and O–H groups in total. The zero-order valence-electron chi connectivity index (χ0n) is 12.8. The summed E-state index contributed by atoms with van der Waals surface area (Å²) in [7, 11) is 0. The van der Waals surface area contributed by atoms with E-state index in [1.54, 1.807) is 18.2 Å². The molecule has 0 spiro atoms. The molecular weight excluding hydrogens is 278 g/mol. The second kappa shape index (κ2) is 6.32. The van der Waals surface area contributed by atoms with E-state index in [-0.39, 0.29) is 16.7 Å². The molecular formula is C17H21N3O2. The summed E-state index contributed by atoms with van der Waals surface area (Å²) in [5, 5.41) is 11.1. The first kappa shape index (κ1) is 14.8. The predicted octanol–water partition coefficient (Wildman–Crippen LogP) is 3.60. The predicted molar refractivity (Wildman–Crippen MR) is 85.9 cm³/mol. The number of nitrogens with zero attached hydrogens (tertiary/aromatic N) is 3. The summed E-state index contributed by atoms with van der Waals surface area (Å²) in [6.07, 6.45) is 4.29. The van der Waals surface area contributed by atoms with Crippen molar-refractivity contribution in [3.05, 3.63) is 64.0 Å². The molecule has 0 aliphatic carbocycles. The van der Waals surface area contributed by atoms with Crippen LogP contribution in [0.3, 0.4) is 0 Å². The van der Waals surface area contributed by atoms with E-state index >= 15 is 0 Å². The van der Waals surface area contributed by atoms with Crippen LogP contribution in [0.4, 0.5) is 5.69 Å². The van der Waals surface area contributed by atoms with Gasteiger partial charge in [-0.05, 0) is 37.1 Å². The van der Waals surface area contributed by atoms with Crippen LogP contribution in [0.1, 0.15) is 37.1 Å². The van der Waals surface area contributed by atoms with E-state index in [1.165, 1.54) is 5.69 Å². The van der Waals surface area contributed by atoms with Crippen LogP contribution in [-0.4, -0.2) is 27.5 Å². The molecule has 1 aromatic carbocycles. The highest BCUT2D eigenvalue weighted by molar-refractivity contribution is 5.39. The van der Waals surface area contributed by atoms with Crippen molar-refractivity contribution in [2.45, 2.75) is 32.4 Å². The summed E-state index contributed by atoms with van der Waals surface area (Å²) in [5.41, 5.74) is 2.40. The number of aryl methyl sites for hydroxylation is 1. The SMILES string of the molecule is CCCN1CCCn2cccc2C1c1cccc([N+](=O)[O-])c1. The van der Waals surface area contributed by atoms with E-state index in [9.17, 15) is 10.1 Å². The lowest BCUT2D eigenvalue weighted by Gasteiger charge is -2.30. The highest BCUT2D eigenvalue weighted by Gasteiger charge is 2.27. The fourth-order valence-corrected chi connectivity index (χ4v) is 3.36. The van der Waals surface area contributed by atoms with E-state index in [4.69, 9.17) is 0 Å². The minimum atomic E-state index is -0.316. The van der Waals surface area contributed by atoms with Crippen LogP contribution < -0.4 is 0 Å². The normalized spacial score (nSPS) is 18.7. The van der Waals surface area contributed by atoms with Crippen LogP contribution in [0.25, 0.3) is 0 Å². The van der Waals surface area contributed by atoms with E-state index in [1.807, 2.05) is 6.07 Å². The number of non-ortho nitro benzene ring substituents is 1. The number of aromatic nitrogens is 1. The third-order valence-electron chi connectivity index (χ3n) is 4.26. The number of rotatable bonds is 4. The fraction of sp³-hybridized carbons (Fsp3) is 0.412. The largest absolute Gasteiger partial charge is 0.350 e. The van der Waals surface area contributed by atoms with Crippen molar-refractivity contribution in [3.8, 4) is 0 Å². The Bertz CT molecular complexity index is 665. The van der Waals surface area contributed by atoms with E-state index in [0.717, 1.165) is 38.0 Å². The molecule has 0 radical (unpaired) electrons. The molecule has 116 valence electrons. The Morgan fingerprint density at radius 3 is 2.91 bits per heavy atom. The average Bonchev–Trinajstić information content (AvgIpc) is 2.89. The minimum absolute atomic E-state index is 0.0948. The van der Waals surface area contributed by atoms with Gasteiger partial charge in [0.05, 0.1) is 11.0 Å². The third kappa shape index (κ3) is 2.76. The Hall–Kier alpha value is -2.14. The molecule has 22 heavy (non-hydrogen) atoms. The molecule has 5 heteroatoms. The molecule has 0 bridgehead atoms. The topological polar surface area (TPSA) is 51.3 Å². The Balaban J connectivity index is 2.07. The van der Waals surface area contributed by atoms with Crippen LogP contribution in [0.5, 0.6) is 0 Å². The number of hydrogen-bond acceptors (Lipinski definition) is 3. The maximum atomic E-state index is 11.1. The maximum Gasteiger partial charge on any atom is 0.269 e. The van der Waals surface area contributed by atoms with Gasteiger partial charge in [-0.1, -0.05) is 19.1 Å². The van der Waals surface area contributed by atoms with Gasteiger partial charge < -0.3 is 4.57 Å². The van der Waals surface area contributed by atoms with E-state index in [0.29, 0.717) is 0 Å². The number of nitro benzene ring substituents is 1. The van der Waals surface area contributed by atoms with Crippen molar-refractivity contribution >= 4 is 5.69 Å². The van der Waals surface area contributed by atoms with Crippen LogP contribution in [0.2, 0.25) is 0 Å². The Morgan fingerprint density at radius 1 is 1.27 bits per heavy atom. The Morgan fingerprint density at radius 2 is 2.14 bits per heavy atom. The van der Waals surface area contributed by atoms with Crippen LogP contribution in [0, 0.1) is 10.1 Å². The van der Waals surface area contributed by atoms with Gasteiger partial charge in [0.25, 0.3) is 5.69 Å². The number of nitro groups is 1. The molecule has 0 saturated carbocycles. The van der Waals surface area contributed by atoms with E-state index in [2.05, 4.69) is 34.7 Å². The van der Waals surface area contributed by atoms with Crippen molar-refractivity contribution in [2.75, 3.05) is 13.1 Å². The maximum absolute atomic E-state index is 11.1. The van der Waals surface area contributed by atoms with Gasteiger partial charge in [-0.3, -0.25) is 15.0 Å². The van der Waals surface area contributed by atoms with Gasteiger partial charge in [-0.2, -0.15) is 0 Å². The van der Waals surface area contributed by atoms with Gasteiger partial charge in [-0.25, -0.2) is 0 Å². The fourth-order valence-electron chi connectivity index (χ4n) is 3.36. The highest BCUT2D eigenvalue weighted by Crippen LogP contribution is 2.33. The van der Waals surface area contributed by atoms with Gasteiger partial charge in [0.1, 0.15) is 0 Å². The van der Waals surface area contributed by atoms with Gasteiger partial charge in [0, 0.05) is 37.1 Å². The molecule has 3 rings (SSSR count). The van der Waals surface area contributed by atoms with Crippen molar-refractivity contribution < 1.29 is 4.92 Å². The Labute approximate surface area is 130 Å². The van der Waals surface area contributed by atoms with Gasteiger partial charge in [0.2, 0.25) is 0 Å². The molecule has 1 aromatic heterocycles. The van der Waals surface area contributed by atoms with Crippen LogP contribution in [-0.2, 0) is 6.54 Å². The third-order valence-corrected chi connectivity index (χ3v) is 4.26. The molecule has 2 aromatic rings. The highest BCUT2D eigenvalue weighted by atomic mass is 16.6. The summed E-state index contributed by atoms with van der Waals surface area (Å²) in [6, 6.07) is 11.4. The monoisotopic (exact) mass is 299 g/mol. The number of hydrogen-bond donors (Lipinski definition) is 0. The Kier molecular flexibility index (Phi) is 4.24. The molecule has 2 heterocycles. The van der Waals surface area contributed by atoms with Crippen molar-refractivity contribution in [1.82, 2.24) is 9.47 Å². The zero-order chi connectivity index (χ0) is 15.5. The summed E-state index contributed by atoms with van der Waals surface area (Å²) in [4.78, 5) is 13.2. The lowest BCUT2D eigenvalue weighted by molar-refractivity contribution is -0.384. The standard InChI is InChI=1S/C17H21N3O2/c1-2-9-19-12-5-11-18-10-4-8-16(18)17(19)14-6-3-7-15(13-14)20(21)22/h3-4,6-8,10,13,17H,2,5,9,11-12H2,1H3. The minimum Gasteiger partial charge on any atom is -0.350 e. The van der Waals surface area contributed by atoms with Gasteiger partial charge in [-0.15, -0.1) is 0 Å². The van der Waals surface area contributed by atoms with E-state index < -0.39 is 0 Å². The first-order valence-corrected chi connectivity index (χ1v) is 7.84. The van der Waals surface area contributed by atoms with Gasteiger partial charge >= 0.3 is 0 Å². The van der Waals surface area contributed by atoms with Crippen LogP contribution >= 0.6 is 0 Å². The molecule has 0 fully saturated rings. The van der Waals surface area contributed by atoms with Crippen molar-refractivity contribution in [1.29, 1.82) is 0 Å². The lowest BCUT2D eigenvalue weighted by Crippen LogP contribution is -2.30. The second-order valence-electron chi connectivity index (χ2n) is 5.77.